The summed E-state index contributed by atoms with van der Waals surface area (Å²) in [6, 6.07) is 3.04. The maximum atomic E-state index is 12.3. The van der Waals surface area contributed by atoms with Gasteiger partial charge >= 0.3 is 5.97 Å². The highest BCUT2D eigenvalue weighted by Gasteiger charge is 2.26. The number of nitrogens with one attached hydrogen (secondary N) is 1. The standard InChI is InChI=1S/C14H18ClNO5S/c1-9(14(17)18)16-22(19,20)13-7-11(15)5-6-12(13)21-8-10-3-2-4-10/h5-7,9-10,16H,2-4,8H2,1H3,(H,17,18)/t9-/m1/s1. The fourth-order valence-electron chi connectivity index (χ4n) is 2.02. The molecule has 1 aromatic rings. The smallest absolute Gasteiger partial charge is 0.321 e. The summed E-state index contributed by atoms with van der Waals surface area (Å²) in [5, 5.41) is 9.08. The van der Waals surface area contributed by atoms with Crippen molar-refractivity contribution in [2.75, 3.05) is 6.61 Å². The molecule has 0 aliphatic heterocycles. The lowest BCUT2D eigenvalue weighted by atomic mass is 9.86. The van der Waals surface area contributed by atoms with Crippen molar-refractivity contribution in [2.24, 2.45) is 5.92 Å². The van der Waals surface area contributed by atoms with Gasteiger partial charge in [-0.1, -0.05) is 18.0 Å². The topological polar surface area (TPSA) is 92.7 Å². The summed E-state index contributed by atoms with van der Waals surface area (Å²) in [5.74, 6) is -0.638. The zero-order chi connectivity index (χ0) is 16.3. The van der Waals surface area contributed by atoms with Crippen molar-refractivity contribution in [3.05, 3.63) is 23.2 Å². The number of ether oxygens (including phenoxy) is 1. The van der Waals surface area contributed by atoms with Crippen LogP contribution < -0.4 is 9.46 Å². The number of aliphatic carboxylic acids is 1. The van der Waals surface area contributed by atoms with Crippen LogP contribution in [0.4, 0.5) is 0 Å². The van der Waals surface area contributed by atoms with Crippen molar-refractivity contribution in [1.82, 2.24) is 4.72 Å². The van der Waals surface area contributed by atoms with Crippen LogP contribution in [-0.4, -0.2) is 32.1 Å². The van der Waals surface area contributed by atoms with Gasteiger partial charge in [-0.05, 0) is 43.9 Å². The molecule has 122 valence electrons. The molecule has 0 unspecified atom stereocenters. The molecule has 1 atom stereocenters. The van der Waals surface area contributed by atoms with Gasteiger partial charge in [-0.3, -0.25) is 4.79 Å². The average Bonchev–Trinajstić information content (AvgIpc) is 2.37. The number of carboxylic acids is 1. The van der Waals surface area contributed by atoms with E-state index in [1.807, 2.05) is 0 Å². The summed E-state index contributed by atoms with van der Waals surface area (Å²) in [4.78, 5) is 10.7. The van der Waals surface area contributed by atoms with E-state index in [2.05, 4.69) is 4.72 Å². The van der Waals surface area contributed by atoms with Crippen LogP contribution in [0, 0.1) is 5.92 Å². The molecular weight excluding hydrogens is 330 g/mol. The summed E-state index contributed by atoms with van der Waals surface area (Å²) >= 11 is 5.86. The van der Waals surface area contributed by atoms with Crippen LogP contribution in [0.25, 0.3) is 0 Å². The predicted molar refractivity (Wildman–Crippen MR) is 81.7 cm³/mol. The van der Waals surface area contributed by atoms with Crippen molar-refractivity contribution >= 4 is 27.6 Å². The Bertz CT molecular complexity index is 657. The molecule has 0 saturated heterocycles. The van der Waals surface area contributed by atoms with Crippen molar-refractivity contribution in [3.63, 3.8) is 0 Å². The van der Waals surface area contributed by atoms with Crippen LogP contribution in [-0.2, 0) is 14.8 Å². The molecule has 0 bridgehead atoms. The third-order valence-corrected chi connectivity index (χ3v) is 5.39. The van der Waals surface area contributed by atoms with Crippen LogP contribution >= 0.6 is 11.6 Å². The highest BCUT2D eigenvalue weighted by molar-refractivity contribution is 7.89. The first-order valence-corrected chi connectivity index (χ1v) is 8.83. The molecule has 1 aliphatic rings. The molecule has 0 heterocycles. The SMILES string of the molecule is C[C@@H](NS(=O)(=O)c1cc(Cl)ccc1OCC1CCC1)C(=O)O. The first kappa shape index (κ1) is 17.1. The number of hydrogen-bond acceptors (Lipinski definition) is 4. The summed E-state index contributed by atoms with van der Waals surface area (Å²) in [6.45, 7) is 1.69. The zero-order valence-electron chi connectivity index (χ0n) is 12.1. The van der Waals surface area contributed by atoms with Gasteiger partial charge in [0.2, 0.25) is 10.0 Å². The molecule has 22 heavy (non-hydrogen) atoms. The first-order chi connectivity index (χ1) is 10.3. The maximum Gasteiger partial charge on any atom is 0.321 e. The first-order valence-electron chi connectivity index (χ1n) is 6.97. The zero-order valence-corrected chi connectivity index (χ0v) is 13.7. The van der Waals surface area contributed by atoms with Crippen LogP contribution in [0.1, 0.15) is 26.2 Å². The van der Waals surface area contributed by atoms with E-state index in [4.69, 9.17) is 21.4 Å². The Morgan fingerprint density at radius 2 is 2.18 bits per heavy atom. The second-order valence-corrected chi connectivity index (χ2v) is 7.50. The second kappa shape index (κ2) is 6.85. The molecule has 2 rings (SSSR count). The number of hydrogen-bond donors (Lipinski definition) is 2. The summed E-state index contributed by atoms with van der Waals surface area (Å²) in [6.07, 6.45) is 3.31. The Labute approximate surface area is 134 Å². The number of rotatable bonds is 7. The minimum atomic E-state index is -4.03. The van der Waals surface area contributed by atoms with Crippen molar-refractivity contribution in [1.29, 1.82) is 0 Å². The molecule has 1 saturated carbocycles. The minimum Gasteiger partial charge on any atom is -0.492 e. The molecule has 1 aliphatic carbocycles. The van der Waals surface area contributed by atoms with Gasteiger partial charge in [0.1, 0.15) is 16.7 Å². The third kappa shape index (κ3) is 4.12. The molecular formula is C14H18ClNO5S. The van der Waals surface area contributed by atoms with Crippen molar-refractivity contribution in [2.45, 2.75) is 37.1 Å². The van der Waals surface area contributed by atoms with E-state index in [0.29, 0.717) is 12.5 Å². The number of carboxylic acid groups (broad SMARTS) is 1. The highest BCUT2D eigenvalue weighted by atomic mass is 35.5. The van der Waals surface area contributed by atoms with E-state index >= 15 is 0 Å². The van der Waals surface area contributed by atoms with E-state index in [9.17, 15) is 13.2 Å². The summed E-state index contributed by atoms with van der Waals surface area (Å²) < 4.78 is 32.4. The van der Waals surface area contributed by atoms with E-state index < -0.39 is 22.0 Å². The van der Waals surface area contributed by atoms with Gasteiger partial charge in [-0.15, -0.1) is 0 Å². The normalized spacial score (nSPS) is 16.8. The number of sulfonamides is 1. The van der Waals surface area contributed by atoms with E-state index in [1.165, 1.54) is 25.1 Å². The Morgan fingerprint density at radius 3 is 2.73 bits per heavy atom. The number of benzene rings is 1. The van der Waals surface area contributed by atoms with E-state index in [1.54, 1.807) is 0 Å². The lowest BCUT2D eigenvalue weighted by molar-refractivity contribution is -0.138. The quantitative estimate of drug-likeness (QED) is 0.789. The van der Waals surface area contributed by atoms with Gasteiger partial charge in [0, 0.05) is 5.02 Å². The second-order valence-electron chi connectivity index (χ2n) is 5.38. The van der Waals surface area contributed by atoms with Gasteiger partial charge < -0.3 is 9.84 Å². The van der Waals surface area contributed by atoms with Crippen LogP contribution in [0.5, 0.6) is 5.75 Å². The maximum absolute atomic E-state index is 12.3. The van der Waals surface area contributed by atoms with Gasteiger partial charge in [-0.2, -0.15) is 4.72 Å². The third-order valence-electron chi connectivity index (χ3n) is 3.60. The molecule has 2 N–H and O–H groups in total. The van der Waals surface area contributed by atoms with E-state index in [-0.39, 0.29) is 15.7 Å². The van der Waals surface area contributed by atoms with Crippen LogP contribution in [0.15, 0.2) is 23.1 Å². The summed E-state index contributed by atoms with van der Waals surface area (Å²) in [7, 11) is -4.03. The average molecular weight is 348 g/mol. The highest BCUT2D eigenvalue weighted by Crippen LogP contribution is 2.31. The Balaban J connectivity index is 2.22. The minimum absolute atomic E-state index is 0.146. The van der Waals surface area contributed by atoms with Crippen molar-refractivity contribution < 1.29 is 23.1 Å². The van der Waals surface area contributed by atoms with Crippen molar-refractivity contribution in [3.8, 4) is 5.75 Å². The molecule has 0 spiro atoms. The molecule has 1 fully saturated rings. The van der Waals surface area contributed by atoms with Gasteiger partial charge in [-0.25, -0.2) is 8.42 Å². The summed E-state index contributed by atoms with van der Waals surface area (Å²) in [5.41, 5.74) is 0. The molecule has 1 aromatic carbocycles. The monoisotopic (exact) mass is 347 g/mol. The number of carbonyl (C=O) groups is 1. The predicted octanol–water partition coefficient (Wildman–Crippen LogP) is 2.27. The Morgan fingerprint density at radius 1 is 1.50 bits per heavy atom. The van der Waals surface area contributed by atoms with E-state index in [0.717, 1.165) is 19.3 Å². The van der Waals surface area contributed by atoms with Gasteiger partial charge in [0.15, 0.2) is 0 Å². The molecule has 0 aromatic heterocycles. The largest absolute Gasteiger partial charge is 0.492 e. The van der Waals surface area contributed by atoms with Crippen LogP contribution in [0.2, 0.25) is 5.02 Å². The lowest BCUT2D eigenvalue weighted by Crippen LogP contribution is -2.38. The lowest BCUT2D eigenvalue weighted by Gasteiger charge is -2.25. The fraction of sp³-hybridized carbons (Fsp3) is 0.500. The molecule has 0 amide bonds. The molecule has 0 radical (unpaired) electrons. The number of halogens is 1. The Hall–Kier alpha value is -1.31. The fourth-order valence-corrected chi connectivity index (χ4v) is 3.63. The molecule has 8 heteroatoms. The van der Waals surface area contributed by atoms with Gasteiger partial charge in [0.25, 0.3) is 0 Å². The Kier molecular flexibility index (Phi) is 5.31. The van der Waals surface area contributed by atoms with Gasteiger partial charge in [0.05, 0.1) is 6.61 Å². The van der Waals surface area contributed by atoms with Crippen LogP contribution in [0.3, 0.4) is 0 Å². The molecule has 6 nitrogen and oxygen atoms in total.